The highest BCUT2D eigenvalue weighted by Crippen LogP contribution is 2.28. The van der Waals surface area contributed by atoms with Crippen LogP contribution in [0.4, 0.5) is 13.2 Å². The highest BCUT2D eigenvalue weighted by molar-refractivity contribution is 5.94. The minimum absolute atomic E-state index is 0.206. The van der Waals surface area contributed by atoms with Gasteiger partial charge in [-0.05, 0) is 25.1 Å². The molecular weight excluding hydrogens is 377 g/mol. The van der Waals surface area contributed by atoms with E-state index in [4.69, 9.17) is 4.74 Å². The molecule has 0 bridgehead atoms. The third-order valence-corrected chi connectivity index (χ3v) is 4.26. The molecule has 6 nitrogen and oxygen atoms in total. The van der Waals surface area contributed by atoms with E-state index in [0.717, 1.165) is 0 Å². The van der Waals surface area contributed by atoms with E-state index in [1.54, 1.807) is 24.0 Å². The summed E-state index contributed by atoms with van der Waals surface area (Å²) in [4.78, 5) is 18.1. The van der Waals surface area contributed by atoms with Crippen molar-refractivity contribution in [2.45, 2.75) is 32.2 Å². The van der Waals surface area contributed by atoms with Crippen LogP contribution in [0.15, 0.2) is 36.4 Å². The van der Waals surface area contributed by atoms with E-state index in [1.807, 2.05) is 0 Å². The third kappa shape index (κ3) is 5.28. The number of ether oxygens (including phenoxy) is 2. The van der Waals surface area contributed by atoms with Crippen molar-refractivity contribution in [3.05, 3.63) is 47.7 Å². The van der Waals surface area contributed by atoms with Gasteiger partial charge in [-0.15, -0.1) is 13.2 Å². The molecule has 0 unspecified atom stereocenters. The smallest absolute Gasteiger partial charge is 0.493 e. The summed E-state index contributed by atoms with van der Waals surface area (Å²) in [7, 11) is 0. The zero-order valence-electron chi connectivity index (χ0n) is 15.1. The number of aryl methyl sites for hydroxylation is 1. The van der Waals surface area contributed by atoms with Crippen LogP contribution < -0.4 is 9.47 Å². The molecule has 0 saturated carbocycles. The topological polar surface area (TPSA) is 71.9 Å². The van der Waals surface area contributed by atoms with Crippen LogP contribution >= 0.6 is 0 Å². The van der Waals surface area contributed by atoms with Crippen molar-refractivity contribution in [2.24, 2.45) is 0 Å². The SMILES string of the molecule is Cc1cc(C(=O)N2CCC(Oc3cccc(OC(F)(F)F)c3)CC2)cc(O)n1. The first-order valence-corrected chi connectivity index (χ1v) is 8.69. The van der Waals surface area contributed by atoms with Crippen molar-refractivity contribution < 1.29 is 32.5 Å². The van der Waals surface area contributed by atoms with E-state index in [9.17, 15) is 23.1 Å². The number of piperidine rings is 1. The summed E-state index contributed by atoms with van der Waals surface area (Å²) < 4.78 is 46.6. The van der Waals surface area contributed by atoms with Gasteiger partial charge in [-0.1, -0.05) is 6.07 Å². The third-order valence-electron chi connectivity index (χ3n) is 4.26. The Kier molecular flexibility index (Phi) is 5.62. The fourth-order valence-electron chi connectivity index (χ4n) is 3.07. The first-order valence-electron chi connectivity index (χ1n) is 8.69. The Labute approximate surface area is 159 Å². The van der Waals surface area contributed by atoms with Crippen LogP contribution in [0.3, 0.4) is 0 Å². The van der Waals surface area contributed by atoms with Crippen LogP contribution in [-0.2, 0) is 0 Å². The van der Waals surface area contributed by atoms with Gasteiger partial charge in [0.25, 0.3) is 5.91 Å². The predicted molar refractivity (Wildman–Crippen MR) is 93.3 cm³/mol. The zero-order valence-corrected chi connectivity index (χ0v) is 15.1. The lowest BCUT2D eigenvalue weighted by Gasteiger charge is -2.32. The van der Waals surface area contributed by atoms with E-state index in [0.29, 0.717) is 37.2 Å². The van der Waals surface area contributed by atoms with Gasteiger partial charge in [0, 0.05) is 49.3 Å². The van der Waals surface area contributed by atoms with Crippen molar-refractivity contribution in [1.82, 2.24) is 9.88 Å². The number of rotatable bonds is 4. The molecule has 1 N–H and O–H groups in total. The van der Waals surface area contributed by atoms with E-state index in [2.05, 4.69) is 9.72 Å². The number of halogens is 3. The minimum atomic E-state index is -4.76. The molecule has 28 heavy (non-hydrogen) atoms. The Bertz CT molecular complexity index is 829. The van der Waals surface area contributed by atoms with Crippen molar-refractivity contribution in [1.29, 1.82) is 0 Å². The number of hydrogen-bond donors (Lipinski definition) is 1. The molecule has 1 saturated heterocycles. The number of hydrogen-bond acceptors (Lipinski definition) is 5. The highest BCUT2D eigenvalue weighted by atomic mass is 19.4. The number of benzene rings is 1. The summed E-state index contributed by atoms with van der Waals surface area (Å²) in [5.41, 5.74) is 0.906. The molecule has 1 fully saturated rings. The maximum absolute atomic E-state index is 12.6. The number of nitrogens with zero attached hydrogens (tertiary/aromatic N) is 2. The lowest BCUT2D eigenvalue weighted by atomic mass is 10.1. The number of aromatic nitrogens is 1. The van der Waals surface area contributed by atoms with Crippen LogP contribution in [0.25, 0.3) is 0 Å². The molecular formula is C19H19F3N2O4. The second kappa shape index (κ2) is 7.95. The van der Waals surface area contributed by atoms with E-state index in [-0.39, 0.29) is 29.4 Å². The summed E-state index contributed by atoms with van der Waals surface area (Å²) in [5.74, 6) is -0.478. The van der Waals surface area contributed by atoms with E-state index >= 15 is 0 Å². The number of likely N-dealkylation sites (tertiary alicyclic amines) is 1. The number of carbonyl (C=O) groups is 1. The van der Waals surface area contributed by atoms with Crippen LogP contribution in [-0.4, -0.2) is 46.5 Å². The molecule has 1 aromatic carbocycles. The fraction of sp³-hybridized carbons (Fsp3) is 0.368. The molecule has 0 atom stereocenters. The highest BCUT2D eigenvalue weighted by Gasteiger charge is 2.31. The van der Waals surface area contributed by atoms with Crippen LogP contribution in [0, 0.1) is 6.92 Å². The molecule has 1 amide bonds. The van der Waals surface area contributed by atoms with Gasteiger partial charge in [-0.25, -0.2) is 4.98 Å². The van der Waals surface area contributed by atoms with Crippen LogP contribution in [0.5, 0.6) is 17.4 Å². The Hall–Kier alpha value is -2.97. The Morgan fingerprint density at radius 1 is 1.18 bits per heavy atom. The van der Waals surface area contributed by atoms with E-state index < -0.39 is 6.36 Å². The Morgan fingerprint density at radius 3 is 2.50 bits per heavy atom. The number of alkyl halides is 3. The van der Waals surface area contributed by atoms with Gasteiger partial charge in [-0.2, -0.15) is 0 Å². The molecule has 1 aliphatic rings. The summed E-state index contributed by atoms with van der Waals surface area (Å²) >= 11 is 0. The van der Waals surface area contributed by atoms with Crippen molar-refractivity contribution in [2.75, 3.05) is 13.1 Å². The minimum Gasteiger partial charge on any atom is -0.493 e. The number of carbonyl (C=O) groups excluding carboxylic acids is 1. The second-order valence-electron chi connectivity index (χ2n) is 6.49. The molecule has 0 aliphatic carbocycles. The van der Waals surface area contributed by atoms with Gasteiger partial charge in [0.05, 0.1) is 0 Å². The predicted octanol–water partition coefficient (Wildman–Crippen LogP) is 3.68. The standard InChI is InChI=1S/C19H19F3N2O4/c1-12-9-13(10-17(25)23-12)18(26)24-7-5-14(6-8-24)27-15-3-2-4-16(11-15)28-19(20,21)22/h2-4,9-11,14H,5-8H2,1H3,(H,23,25). The molecule has 2 aromatic rings. The molecule has 150 valence electrons. The van der Waals surface area contributed by atoms with Gasteiger partial charge < -0.3 is 19.5 Å². The maximum atomic E-state index is 12.6. The summed E-state index contributed by atoms with van der Waals surface area (Å²) in [6.45, 7) is 2.56. The van der Waals surface area contributed by atoms with Crippen molar-refractivity contribution >= 4 is 5.91 Å². The number of amides is 1. The van der Waals surface area contributed by atoms with Gasteiger partial charge in [0.1, 0.15) is 17.6 Å². The van der Waals surface area contributed by atoms with Gasteiger partial charge in [-0.3, -0.25) is 4.79 Å². The molecule has 0 spiro atoms. The largest absolute Gasteiger partial charge is 0.573 e. The molecule has 1 aromatic heterocycles. The molecule has 0 radical (unpaired) electrons. The van der Waals surface area contributed by atoms with Gasteiger partial charge in [0.2, 0.25) is 5.88 Å². The second-order valence-corrected chi connectivity index (χ2v) is 6.49. The van der Waals surface area contributed by atoms with Crippen molar-refractivity contribution in [3.63, 3.8) is 0 Å². The average Bonchev–Trinajstić information content (AvgIpc) is 2.60. The lowest BCUT2D eigenvalue weighted by Crippen LogP contribution is -2.41. The molecule has 9 heteroatoms. The number of pyridine rings is 1. The molecule has 3 rings (SSSR count). The van der Waals surface area contributed by atoms with Crippen LogP contribution in [0.2, 0.25) is 0 Å². The van der Waals surface area contributed by atoms with E-state index in [1.165, 1.54) is 24.3 Å². The molecule has 2 heterocycles. The first-order chi connectivity index (χ1) is 13.2. The summed E-state index contributed by atoms with van der Waals surface area (Å²) in [5, 5.41) is 9.56. The van der Waals surface area contributed by atoms with Gasteiger partial charge in [0.15, 0.2) is 0 Å². The average molecular weight is 396 g/mol. The maximum Gasteiger partial charge on any atom is 0.573 e. The Morgan fingerprint density at radius 2 is 1.86 bits per heavy atom. The van der Waals surface area contributed by atoms with Crippen LogP contribution in [0.1, 0.15) is 28.9 Å². The zero-order chi connectivity index (χ0) is 20.3. The summed E-state index contributed by atoms with van der Waals surface area (Å²) in [6.07, 6.45) is -3.92. The van der Waals surface area contributed by atoms with Gasteiger partial charge >= 0.3 is 6.36 Å². The molecule has 1 aliphatic heterocycles. The quantitative estimate of drug-likeness (QED) is 0.854. The fourth-order valence-corrected chi connectivity index (χ4v) is 3.07. The monoisotopic (exact) mass is 396 g/mol. The normalized spacial score (nSPS) is 15.4. The summed E-state index contributed by atoms with van der Waals surface area (Å²) in [6, 6.07) is 8.30. The lowest BCUT2D eigenvalue weighted by molar-refractivity contribution is -0.274. The Balaban J connectivity index is 1.57. The number of aromatic hydroxyl groups is 1. The first kappa shape index (κ1) is 19.8. The van der Waals surface area contributed by atoms with Crippen molar-refractivity contribution in [3.8, 4) is 17.4 Å².